The molecule has 106 valence electrons. The summed E-state index contributed by atoms with van der Waals surface area (Å²) >= 11 is 7.19. The topological polar surface area (TPSA) is 72.2 Å². The third kappa shape index (κ3) is 4.68. The zero-order chi connectivity index (χ0) is 14.5. The number of nitrogens with two attached hydrogens (primary N) is 1. The quantitative estimate of drug-likeness (QED) is 0.458. The van der Waals surface area contributed by atoms with Crippen molar-refractivity contribution < 1.29 is 12.8 Å². The molecule has 0 aliphatic carbocycles. The number of hydrogen-bond acceptors (Lipinski definition) is 4. The third-order valence-electron chi connectivity index (χ3n) is 2.10. The Morgan fingerprint density at radius 3 is 2.84 bits per heavy atom. The lowest BCUT2D eigenvalue weighted by atomic mass is 10.3. The summed E-state index contributed by atoms with van der Waals surface area (Å²) in [4.78, 5) is -0.536. The van der Waals surface area contributed by atoms with Crippen LogP contribution in [-0.4, -0.2) is 26.5 Å². The lowest BCUT2D eigenvalue weighted by Crippen LogP contribution is -2.27. The molecule has 1 rings (SSSR count). The summed E-state index contributed by atoms with van der Waals surface area (Å²) in [6, 6.07) is 2.20. The van der Waals surface area contributed by atoms with Crippen molar-refractivity contribution in [2.24, 2.45) is 0 Å². The van der Waals surface area contributed by atoms with Crippen LogP contribution >= 0.6 is 23.4 Å². The van der Waals surface area contributed by atoms with Gasteiger partial charge in [-0.25, -0.2) is 17.5 Å². The van der Waals surface area contributed by atoms with Crippen LogP contribution < -0.4 is 10.5 Å². The Labute approximate surface area is 121 Å². The Morgan fingerprint density at radius 1 is 1.53 bits per heavy atom. The molecule has 0 heterocycles. The average molecular weight is 325 g/mol. The number of halogens is 2. The minimum Gasteiger partial charge on any atom is -0.396 e. The fraction of sp³-hybridized carbons (Fsp3) is 0.273. The van der Waals surface area contributed by atoms with E-state index in [1.807, 2.05) is 0 Å². The van der Waals surface area contributed by atoms with Crippen LogP contribution in [0.3, 0.4) is 0 Å². The molecule has 0 amide bonds. The minimum atomic E-state index is -3.95. The molecule has 19 heavy (non-hydrogen) atoms. The summed E-state index contributed by atoms with van der Waals surface area (Å²) in [6.45, 7) is 3.74. The van der Waals surface area contributed by atoms with Crippen molar-refractivity contribution in [1.82, 2.24) is 4.72 Å². The number of rotatable bonds is 7. The molecule has 8 heteroatoms. The lowest BCUT2D eigenvalue weighted by Gasteiger charge is -2.09. The smallest absolute Gasteiger partial charge is 0.243 e. The van der Waals surface area contributed by atoms with Crippen LogP contribution in [0.15, 0.2) is 29.7 Å². The van der Waals surface area contributed by atoms with E-state index >= 15 is 0 Å². The standard InChI is InChI=1S/C11H14ClFN2O2S2/c1-2-4-18-5-3-15-19(16,17)10-7-8(12)6-9(14)11(10)13/h2,6-7,15H,1,3-5,14H2. The number of sulfonamides is 1. The van der Waals surface area contributed by atoms with E-state index in [0.717, 1.165) is 17.9 Å². The molecule has 0 spiro atoms. The van der Waals surface area contributed by atoms with Gasteiger partial charge < -0.3 is 5.73 Å². The first kappa shape index (κ1) is 16.3. The maximum atomic E-state index is 13.7. The first-order chi connectivity index (χ1) is 8.88. The van der Waals surface area contributed by atoms with E-state index in [1.54, 1.807) is 6.08 Å². The van der Waals surface area contributed by atoms with Gasteiger partial charge >= 0.3 is 0 Å². The number of benzene rings is 1. The predicted molar refractivity (Wildman–Crippen MR) is 78.5 cm³/mol. The molecule has 0 aromatic heterocycles. The van der Waals surface area contributed by atoms with Gasteiger partial charge in [0.1, 0.15) is 4.90 Å². The molecule has 1 aromatic rings. The van der Waals surface area contributed by atoms with Gasteiger partial charge in [0.25, 0.3) is 0 Å². The van der Waals surface area contributed by atoms with Crippen molar-refractivity contribution in [1.29, 1.82) is 0 Å². The molecule has 0 fully saturated rings. The summed E-state index contributed by atoms with van der Waals surface area (Å²) in [6.07, 6.45) is 1.72. The monoisotopic (exact) mass is 324 g/mol. The second-order valence-corrected chi connectivity index (χ2v) is 6.89. The van der Waals surface area contributed by atoms with E-state index in [4.69, 9.17) is 17.3 Å². The molecule has 0 unspecified atom stereocenters. The van der Waals surface area contributed by atoms with E-state index in [9.17, 15) is 12.8 Å². The maximum Gasteiger partial charge on any atom is 0.243 e. The van der Waals surface area contributed by atoms with Gasteiger partial charge in [0.15, 0.2) is 5.82 Å². The van der Waals surface area contributed by atoms with Crippen molar-refractivity contribution in [3.63, 3.8) is 0 Å². The number of thioether (sulfide) groups is 1. The molecule has 0 atom stereocenters. The highest BCUT2D eigenvalue weighted by Crippen LogP contribution is 2.25. The van der Waals surface area contributed by atoms with Gasteiger partial charge in [-0.3, -0.25) is 0 Å². The van der Waals surface area contributed by atoms with E-state index in [2.05, 4.69) is 11.3 Å². The second kappa shape index (κ2) is 7.14. The summed E-state index contributed by atoms with van der Waals surface area (Å²) in [5.41, 5.74) is 5.05. The number of anilines is 1. The molecule has 0 saturated carbocycles. The number of nitrogens with one attached hydrogen (secondary N) is 1. The van der Waals surface area contributed by atoms with Crippen molar-refractivity contribution in [3.8, 4) is 0 Å². The molecular weight excluding hydrogens is 311 g/mol. The van der Waals surface area contributed by atoms with Crippen LogP contribution in [0.25, 0.3) is 0 Å². The normalized spacial score (nSPS) is 11.5. The largest absolute Gasteiger partial charge is 0.396 e. The van der Waals surface area contributed by atoms with Crippen LogP contribution in [0.4, 0.5) is 10.1 Å². The van der Waals surface area contributed by atoms with E-state index in [-0.39, 0.29) is 17.3 Å². The first-order valence-corrected chi connectivity index (χ1v) is 8.33. The molecule has 0 aliphatic rings. The summed E-state index contributed by atoms with van der Waals surface area (Å²) in [7, 11) is -3.95. The Kier molecular flexibility index (Phi) is 6.12. The summed E-state index contributed by atoms with van der Waals surface area (Å²) < 4.78 is 39.8. The van der Waals surface area contributed by atoms with Crippen molar-refractivity contribution in [2.45, 2.75) is 4.90 Å². The van der Waals surface area contributed by atoms with Gasteiger partial charge in [-0.05, 0) is 12.1 Å². The van der Waals surface area contributed by atoms with E-state index in [1.165, 1.54) is 11.8 Å². The number of hydrogen-bond donors (Lipinski definition) is 2. The molecule has 4 nitrogen and oxygen atoms in total. The highest BCUT2D eigenvalue weighted by Gasteiger charge is 2.21. The Morgan fingerprint density at radius 2 is 2.21 bits per heavy atom. The Balaban J connectivity index is 2.80. The second-order valence-electron chi connectivity index (χ2n) is 3.57. The highest BCUT2D eigenvalue weighted by atomic mass is 35.5. The van der Waals surface area contributed by atoms with Crippen LogP contribution in [0.2, 0.25) is 5.02 Å². The summed E-state index contributed by atoms with van der Waals surface area (Å²) in [5, 5.41) is 0.0697. The molecule has 0 bridgehead atoms. The fourth-order valence-electron chi connectivity index (χ4n) is 1.27. The van der Waals surface area contributed by atoms with E-state index < -0.39 is 20.7 Å². The summed E-state index contributed by atoms with van der Waals surface area (Å²) in [5.74, 6) is 0.291. The van der Waals surface area contributed by atoms with Crippen LogP contribution in [0, 0.1) is 5.82 Å². The van der Waals surface area contributed by atoms with Gasteiger partial charge in [0, 0.05) is 23.1 Å². The molecule has 3 N–H and O–H groups in total. The zero-order valence-corrected chi connectivity index (χ0v) is 12.4. The van der Waals surface area contributed by atoms with Crippen LogP contribution in [-0.2, 0) is 10.0 Å². The van der Waals surface area contributed by atoms with Crippen molar-refractivity contribution >= 4 is 39.1 Å². The number of nitrogen functional groups attached to an aromatic ring is 1. The van der Waals surface area contributed by atoms with Crippen LogP contribution in [0.5, 0.6) is 0 Å². The zero-order valence-electron chi connectivity index (χ0n) is 10.0. The van der Waals surface area contributed by atoms with Gasteiger partial charge in [-0.2, -0.15) is 11.8 Å². The predicted octanol–water partition coefficient (Wildman–Crippen LogP) is 2.26. The Bertz CT molecular complexity index is 564. The van der Waals surface area contributed by atoms with Crippen molar-refractivity contribution in [3.05, 3.63) is 35.6 Å². The van der Waals surface area contributed by atoms with Gasteiger partial charge in [0.2, 0.25) is 10.0 Å². The molecule has 1 aromatic carbocycles. The lowest BCUT2D eigenvalue weighted by molar-refractivity contribution is 0.561. The van der Waals surface area contributed by atoms with Crippen LogP contribution in [0.1, 0.15) is 0 Å². The van der Waals surface area contributed by atoms with E-state index in [0.29, 0.717) is 5.75 Å². The molecule has 0 radical (unpaired) electrons. The third-order valence-corrected chi connectivity index (χ3v) is 4.74. The fourth-order valence-corrected chi connectivity index (χ4v) is 3.44. The average Bonchev–Trinajstić information content (AvgIpc) is 2.33. The van der Waals surface area contributed by atoms with Gasteiger partial charge in [-0.1, -0.05) is 17.7 Å². The van der Waals surface area contributed by atoms with Gasteiger partial charge in [0.05, 0.1) is 5.69 Å². The highest BCUT2D eigenvalue weighted by molar-refractivity contribution is 7.99. The van der Waals surface area contributed by atoms with Crippen molar-refractivity contribution in [2.75, 3.05) is 23.8 Å². The molecule has 0 aliphatic heterocycles. The maximum absolute atomic E-state index is 13.7. The minimum absolute atomic E-state index is 0.0697. The Hall–Kier alpha value is -0.760. The molecule has 0 saturated heterocycles. The SMILES string of the molecule is C=CCSCCNS(=O)(=O)c1cc(Cl)cc(N)c1F. The molecular formula is C11H14ClFN2O2S2. The first-order valence-electron chi connectivity index (χ1n) is 5.31. The van der Waals surface area contributed by atoms with Gasteiger partial charge in [-0.15, -0.1) is 6.58 Å².